The van der Waals surface area contributed by atoms with E-state index in [1.807, 2.05) is 45.4 Å². The summed E-state index contributed by atoms with van der Waals surface area (Å²) in [4.78, 5) is 15.5. The zero-order chi connectivity index (χ0) is 21.3. The number of carbonyl (C=O) groups excluding carboxylic acids is 1. The van der Waals surface area contributed by atoms with Gasteiger partial charge in [-0.05, 0) is 43.8 Å². The Morgan fingerprint density at radius 3 is 2.03 bits per heavy atom. The Morgan fingerprint density at radius 2 is 1.62 bits per heavy atom. The summed E-state index contributed by atoms with van der Waals surface area (Å²) in [5.41, 5.74) is 9.56. The van der Waals surface area contributed by atoms with Crippen LogP contribution in [0.15, 0.2) is 48.5 Å². The van der Waals surface area contributed by atoms with Gasteiger partial charge >= 0.3 is 0 Å². The fourth-order valence-electron chi connectivity index (χ4n) is 2.56. The third-order valence-corrected chi connectivity index (χ3v) is 4.92. The van der Waals surface area contributed by atoms with Gasteiger partial charge in [0.25, 0.3) is 0 Å². The van der Waals surface area contributed by atoms with Crippen molar-refractivity contribution in [2.75, 3.05) is 32.6 Å². The number of rotatable bonds is 7. The molecule has 29 heavy (non-hydrogen) atoms. The number of hydrogen-bond donors (Lipinski definition) is 0. The zero-order valence-corrected chi connectivity index (χ0v) is 22.9. The molecule has 6 heteroatoms. The summed E-state index contributed by atoms with van der Waals surface area (Å²) in [6, 6.07) is 15.6. The number of nitrogens with zero attached hydrogens (tertiary/aromatic N) is 2. The van der Waals surface area contributed by atoms with E-state index in [4.69, 9.17) is 17.3 Å². The molecule has 157 valence electrons. The quantitative estimate of drug-likeness (QED) is 0.410. The van der Waals surface area contributed by atoms with Gasteiger partial charge in [0.1, 0.15) is 0 Å². The molecule has 1 amide bonds. The van der Waals surface area contributed by atoms with E-state index in [-0.39, 0.29) is 52.9 Å². The Kier molecular flexibility index (Phi) is 14.0. The summed E-state index contributed by atoms with van der Waals surface area (Å²) in [7, 11) is 6.09. The first kappa shape index (κ1) is 28.3. The van der Waals surface area contributed by atoms with Crippen molar-refractivity contribution in [3.05, 3.63) is 70.4 Å². The van der Waals surface area contributed by atoms with Crippen LogP contribution >= 0.6 is 11.6 Å². The predicted octanol–water partition coefficient (Wildman–Crippen LogP) is 6.32. The van der Waals surface area contributed by atoms with Crippen LogP contribution in [0.2, 0.25) is 5.02 Å². The summed E-state index contributed by atoms with van der Waals surface area (Å²) in [5.74, 6) is 0.118. The molecular formula is C23H33ClN3OPr-. The number of halogens is 1. The fraction of sp³-hybridized carbons (Fsp3) is 0.435. The van der Waals surface area contributed by atoms with Crippen molar-refractivity contribution in [1.29, 1.82) is 0 Å². The summed E-state index contributed by atoms with van der Waals surface area (Å²) >= 11 is 6.15. The maximum absolute atomic E-state index is 11.2. The average Bonchev–Trinajstić information content (AvgIpc) is 2.66. The minimum Gasteiger partial charge on any atom is -0.664 e. The minimum absolute atomic E-state index is 0. The van der Waals surface area contributed by atoms with Gasteiger partial charge in [-0.3, -0.25) is 0 Å². The molecule has 0 aliphatic carbocycles. The van der Waals surface area contributed by atoms with E-state index in [0.717, 1.165) is 18.2 Å². The SMILES string of the molecule is CCC(C)C.CN(C)C[C@H](c1ccccc1)N(C)c1ccc(C([NH-])=O)c(Cl)c1.[Pr]. The fourth-order valence-corrected chi connectivity index (χ4v) is 2.82. The molecule has 0 fully saturated rings. The molecule has 1 radical (unpaired) electrons. The number of carbonyl (C=O) groups is 1. The van der Waals surface area contributed by atoms with E-state index in [1.165, 1.54) is 12.0 Å². The Balaban J connectivity index is 0.00000117. The molecule has 0 saturated heterocycles. The third-order valence-electron chi connectivity index (χ3n) is 4.61. The molecule has 0 saturated carbocycles. The Bertz CT molecular complexity index is 738. The van der Waals surface area contributed by atoms with E-state index in [1.54, 1.807) is 12.1 Å². The first-order valence-electron chi connectivity index (χ1n) is 9.65. The standard InChI is InChI=1S/C18H22ClN3O.C5H12.Pr/c1-21(2)12-17(13-7-5-4-6-8-13)22(3)14-9-10-15(18(20)23)16(19)11-14;1-4-5(2)3;/h4-11,17H,12H2,1-3H3,(H2,20,23);5H,4H2,1-3H3;/p-1/t17-;;/m1../s1. The van der Waals surface area contributed by atoms with Gasteiger partial charge in [0, 0.05) is 66.1 Å². The van der Waals surface area contributed by atoms with Crippen LogP contribution in [0.3, 0.4) is 0 Å². The largest absolute Gasteiger partial charge is 0.664 e. The van der Waals surface area contributed by atoms with Crippen LogP contribution in [0.1, 0.15) is 49.2 Å². The molecule has 0 heterocycles. The number of benzene rings is 2. The molecule has 0 aliphatic rings. The van der Waals surface area contributed by atoms with Crippen LogP contribution in [0.5, 0.6) is 0 Å². The number of likely N-dealkylation sites (N-methyl/N-ethyl adjacent to an activating group) is 2. The van der Waals surface area contributed by atoms with Gasteiger partial charge in [0.15, 0.2) is 0 Å². The topological polar surface area (TPSA) is 47.4 Å². The molecule has 2 aromatic rings. The normalized spacial score (nSPS) is 11.3. The summed E-state index contributed by atoms with van der Waals surface area (Å²) < 4.78 is 0. The van der Waals surface area contributed by atoms with Crippen LogP contribution < -0.4 is 4.90 Å². The number of hydrogen-bond acceptors (Lipinski definition) is 3. The monoisotopic (exact) mass is 543 g/mol. The van der Waals surface area contributed by atoms with Crippen LogP contribution in [-0.2, 0) is 0 Å². The molecule has 2 aromatic carbocycles. The molecular weight excluding hydrogens is 511 g/mol. The third kappa shape index (κ3) is 9.78. The van der Waals surface area contributed by atoms with E-state index < -0.39 is 5.91 Å². The van der Waals surface area contributed by atoms with Crippen molar-refractivity contribution >= 4 is 23.2 Å². The van der Waals surface area contributed by atoms with Crippen molar-refractivity contribution < 1.29 is 46.1 Å². The smallest absolute Gasteiger partial charge is 0.0811 e. The maximum Gasteiger partial charge on any atom is 0.0811 e. The van der Waals surface area contributed by atoms with E-state index >= 15 is 0 Å². The van der Waals surface area contributed by atoms with Crippen LogP contribution in [0.4, 0.5) is 5.69 Å². The number of anilines is 1. The second kappa shape index (κ2) is 14.3. The van der Waals surface area contributed by atoms with Crippen molar-refractivity contribution in [2.24, 2.45) is 5.92 Å². The molecule has 0 bridgehead atoms. The molecule has 0 unspecified atom stereocenters. The Labute approximate surface area is 214 Å². The van der Waals surface area contributed by atoms with Gasteiger partial charge in [-0.15, -0.1) is 0 Å². The molecule has 0 spiro atoms. The van der Waals surface area contributed by atoms with Gasteiger partial charge in [-0.25, -0.2) is 0 Å². The molecule has 1 N–H and O–H groups in total. The summed E-state index contributed by atoms with van der Waals surface area (Å²) in [6.07, 6.45) is 1.31. The first-order chi connectivity index (χ1) is 13.2. The average molecular weight is 544 g/mol. The van der Waals surface area contributed by atoms with Gasteiger partial charge in [-0.1, -0.05) is 69.1 Å². The van der Waals surface area contributed by atoms with Gasteiger partial charge in [0.2, 0.25) is 0 Å². The van der Waals surface area contributed by atoms with Crippen LogP contribution in [-0.4, -0.2) is 38.5 Å². The Hall–Kier alpha value is -0.676. The molecule has 1 atom stereocenters. The molecule has 0 aliphatic heterocycles. The Morgan fingerprint density at radius 1 is 1.07 bits per heavy atom. The van der Waals surface area contributed by atoms with Crippen molar-refractivity contribution in [1.82, 2.24) is 4.90 Å². The van der Waals surface area contributed by atoms with Crippen molar-refractivity contribution in [3.63, 3.8) is 0 Å². The van der Waals surface area contributed by atoms with Gasteiger partial charge in [-0.2, -0.15) is 0 Å². The summed E-state index contributed by atoms with van der Waals surface area (Å²) in [5, 5.41) is 0.311. The molecule has 4 nitrogen and oxygen atoms in total. The first-order valence-corrected chi connectivity index (χ1v) is 10.0. The predicted molar refractivity (Wildman–Crippen MR) is 121 cm³/mol. The molecule has 0 aromatic heterocycles. The van der Waals surface area contributed by atoms with Crippen LogP contribution in [0.25, 0.3) is 5.73 Å². The van der Waals surface area contributed by atoms with E-state index in [2.05, 4.69) is 42.7 Å². The van der Waals surface area contributed by atoms with Gasteiger partial charge < -0.3 is 20.3 Å². The maximum atomic E-state index is 11.2. The van der Waals surface area contributed by atoms with Crippen molar-refractivity contribution in [3.8, 4) is 0 Å². The van der Waals surface area contributed by atoms with E-state index in [9.17, 15) is 4.79 Å². The van der Waals surface area contributed by atoms with E-state index in [0.29, 0.717) is 5.02 Å². The zero-order valence-electron chi connectivity index (χ0n) is 18.4. The minimum atomic E-state index is -0.767. The van der Waals surface area contributed by atoms with Gasteiger partial charge in [0.05, 0.1) is 17.0 Å². The van der Waals surface area contributed by atoms with Crippen LogP contribution in [0, 0.1) is 47.2 Å². The summed E-state index contributed by atoms with van der Waals surface area (Å²) in [6.45, 7) is 7.49. The number of nitrogens with one attached hydrogen (secondary N) is 1. The second-order valence-electron chi connectivity index (χ2n) is 7.59. The second-order valence-corrected chi connectivity index (χ2v) is 8.00. The molecule has 2 rings (SSSR count). The number of amides is 1. The van der Waals surface area contributed by atoms with Crippen molar-refractivity contribution in [2.45, 2.75) is 33.2 Å².